The van der Waals surface area contributed by atoms with Crippen molar-refractivity contribution >= 4 is 11.6 Å². The average Bonchev–Trinajstić information content (AvgIpc) is 3.26. The minimum Gasteiger partial charge on any atom is -0.489 e. The van der Waals surface area contributed by atoms with Crippen molar-refractivity contribution in [3.8, 4) is 11.5 Å². The van der Waals surface area contributed by atoms with E-state index < -0.39 is 0 Å². The molecule has 1 heterocycles. The normalized spacial score (nSPS) is 16.4. The molecule has 0 saturated carbocycles. The molecule has 31 heavy (non-hydrogen) atoms. The summed E-state index contributed by atoms with van der Waals surface area (Å²) in [6.07, 6.45) is 2.25. The number of halogens is 1. The van der Waals surface area contributed by atoms with Crippen molar-refractivity contribution in [3.63, 3.8) is 0 Å². The van der Waals surface area contributed by atoms with Crippen LogP contribution in [0.1, 0.15) is 29.5 Å². The zero-order valence-corrected chi connectivity index (χ0v) is 18.3. The van der Waals surface area contributed by atoms with Crippen molar-refractivity contribution in [2.45, 2.75) is 38.6 Å². The third-order valence-electron chi connectivity index (χ3n) is 5.65. The van der Waals surface area contributed by atoms with Crippen molar-refractivity contribution < 1.29 is 14.6 Å². The first-order valence-electron chi connectivity index (χ1n) is 10.7. The monoisotopic (exact) mass is 437 g/mol. The highest BCUT2D eigenvalue weighted by molar-refractivity contribution is 6.30. The van der Waals surface area contributed by atoms with Crippen LogP contribution in [0.25, 0.3) is 0 Å². The van der Waals surface area contributed by atoms with E-state index in [1.807, 2.05) is 48.5 Å². The maximum Gasteiger partial charge on any atom is 0.123 e. The predicted octanol–water partition coefficient (Wildman–Crippen LogP) is 5.45. The molecule has 1 atom stereocenters. The summed E-state index contributed by atoms with van der Waals surface area (Å²) < 4.78 is 11.8. The van der Waals surface area contributed by atoms with Gasteiger partial charge in [-0.15, -0.1) is 0 Å². The molecule has 0 aromatic heterocycles. The molecule has 0 radical (unpaired) electrons. The first-order chi connectivity index (χ1) is 15.2. The van der Waals surface area contributed by atoms with Crippen LogP contribution in [0.15, 0.2) is 72.8 Å². The molecule has 0 bridgehead atoms. The fourth-order valence-electron chi connectivity index (χ4n) is 3.85. The molecule has 0 amide bonds. The Labute approximate surface area is 189 Å². The standard InChI is InChI=1S/C26H28ClNO3/c27-23-12-10-22(11-13-23)19-31-26-5-1-4-25(15-26)30-18-21-8-6-20(7-9-21)16-28-14-2-3-24(28)17-29/h1,4-13,15,24,29H,2-3,14,16-19H2/t24-/m1/s1. The van der Waals surface area contributed by atoms with Crippen molar-refractivity contribution in [3.05, 3.63) is 94.5 Å². The summed E-state index contributed by atoms with van der Waals surface area (Å²) >= 11 is 5.92. The number of ether oxygens (including phenoxy) is 2. The molecule has 3 aromatic carbocycles. The van der Waals surface area contributed by atoms with Gasteiger partial charge in [0.05, 0.1) is 6.61 Å². The van der Waals surface area contributed by atoms with E-state index in [0.29, 0.717) is 19.3 Å². The first-order valence-corrected chi connectivity index (χ1v) is 11.1. The smallest absolute Gasteiger partial charge is 0.123 e. The second-order valence-corrected chi connectivity index (χ2v) is 8.38. The average molecular weight is 438 g/mol. The van der Waals surface area contributed by atoms with E-state index >= 15 is 0 Å². The lowest BCUT2D eigenvalue weighted by Gasteiger charge is -2.22. The van der Waals surface area contributed by atoms with Gasteiger partial charge >= 0.3 is 0 Å². The molecule has 4 rings (SSSR count). The van der Waals surface area contributed by atoms with Gasteiger partial charge in [0, 0.05) is 23.7 Å². The SMILES string of the molecule is OC[C@H]1CCCN1Cc1ccc(COc2cccc(OCc3ccc(Cl)cc3)c2)cc1. The van der Waals surface area contributed by atoms with Gasteiger partial charge in [0.1, 0.15) is 24.7 Å². The number of hydrogen-bond donors (Lipinski definition) is 1. The predicted molar refractivity (Wildman–Crippen MR) is 124 cm³/mol. The molecule has 1 fully saturated rings. The minimum absolute atomic E-state index is 0.244. The molecule has 0 unspecified atom stereocenters. The number of likely N-dealkylation sites (tertiary alicyclic amines) is 1. The molecule has 1 aliphatic rings. The van der Waals surface area contributed by atoms with Gasteiger partial charge < -0.3 is 14.6 Å². The third kappa shape index (κ3) is 6.23. The lowest BCUT2D eigenvalue weighted by Crippen LogP contribution is -2.31. The lowest BCUT2D eigenvalue weighted by molar-refractivity contribution is 0.153. The van der Waals surface area contributed by atoms with Gasteiger partial charge in [-0.25, -0.2) is 0 Å². The minimum atomic E-state index is 0.244. The van der Waals surface area contributed by atoms with Crippen molar-refractivity contribution in [2.24, 2.45) is 0 Å². The van der Waals surface area contributed by atoms with E-state index in [1.54, 1.807) is 0 Å². The third-order valence-corrected chi connectivity index (χ3v) is 5.90. The van der Waals surface area contributed by atoms with Crippen LogP contribution in [0.4, 0.5) is 0 Å². The van der Waals surface area contributed by atoms with E-state index in [0.717, 1.165) is 47.2 Å². The molecule has 4 nitrogen and oxygen atoms in total. The van der Waals surface area contributed by atoms with E-state index in [2.05, 4.69) is 29.2 Å². The molecular weight excluding hydrogens is 410 g/mol. The van der Waals surface area contributed by atoms with Crippen LogP contribution in [0.2, 0.25) is 5.02 Å². The molecule has 0 aliphatic carbocycles. The van der Waals surface area contributed by atoms with Crippen LogP contribution in [0, 0.1) is 0 Å². The van der Waals surface area contributed by atoms with Crippen LogP contribution in [-0.2, 0) is 19.8 Å². The Kier molecular flexibility index (Phi) is 7.47. The van der Waals surface area contributed by atoms with Gasteiger partial charge in [0.25, 0.3) is 0 Å². The molecule has 3 aromatic rings. The van der Waals surface area contributed by atoms with Crippen molar-refractivity contribution in [1.82, 2.24) is 4.90 Å². The zero-order chi connectivity index (χ0) is 21.5. The van der Waals surface area contributed by atoms with Gasteiger partial charge in [-0.2, -0.15) is 0 Å². The Balaban J connectivity index is 1.28. The van der Waals surface area contributed by atoms with Crippen LogP contribution in [0.3, 0.4) is 0 Å². The van der Waals surface area contributed by atoms with Gasteiger partial charge in [-0.1, -0.05) is 54.1 Å². The number of aliphatic hydroxyl groups excluding tert-OH is 1. The van der Waals surface area contributed by atoms with Crippen LogP contribution in [0.5, 0.6) is 11.5 Å². The molecule has 1 N–H and O–H groups in total. The zero-order valence-electron chi connectivity index (χ0n) is 17.5. The molecular formula is C26H28ClNO3. The summed E-state index contributed by atoms with van der Waals surface area (Å²) in [4.78, 5) is 2.36. The molecule has 1 aliphatic heterocycles. The Morgan fingerprint density at radius 2 is 1.42 bits per heavy atom. The highest BCUT2D eigenvalue weighted by Crippen LogP contribution is 2.23. The largest absolute Gasteiger partial charge is 0.489 e. The summed E-state index contributed by atoms with van der Waals surface area (Å²) in [7, 11) is 0. The summed E-state index contributed by atoms with van der Waals surface area (Å²) in [6.45, 7) is 3.18. The van der Waals surface area contributed by atoms with Gasteiger partial charge in [0.15, 0.2) is 0 Å². The number of aliphatic hydroxyl groups is 1. The van der Waals surface area contributed by atoms with Gasteiger partial charge in [0.2, 0.25) is 0 Å². The van der Waals surface area contributed by atoms with E-state index in [-0.39, 0.29) is 6.61 Å². The molecule has 5 heteroatoms. The number of benzene rings is 3. The summed E-state index contributed by atoms with van der Waals surface area (Å²) in [5, 5.41) is 10.2. The maximum atomic E-state index is 9.49. The maximum absolute atomic E-state index is 9.49. The summed E-state index contributed by atoms with van der Waals surface area (Å²) in [5.41, 5.74) is 3.45. The first kappa shape index (κ1) is 21.7. The Morgan fingerprint density at radius 1 is 0.839 bits per heavy atom. The highest BCUT2D eigenvalue weighted by Gasteiger charge is 2.23. The second kappa shape index (κ2) is 10.7. The summed E-state index contributed by atoms with van der Waals surface area (Å²) in [5.74, 6) is 1.55. The van der Waals surface area contributed by atoms with Crippen molar-refractivity contribution in [1.29, 1.82) is 0 Å². The van der Waals surface area contributed by atoms with E-state index in [9.17, 15) is 5.11 Å². The fourth-order valence-corrected chi connectivity index (χ4v) is 3.98. The number of hydrogen-bond acceptors (Lipinski definition) is 4. The fraction of sp³-hybridized carbons (Fsp3) is 0.308. The van der Waals surface area contributed by atoms with Crippen LogP contribution in [-0.4, -0.2) is 29.2 Å². The van der Waals surface area contributed by atoms with E-state index in [1.165, 1.54) is 12.0 Å². The van der Waals surface area contributed by atoms with Gasteiger partial charge in [-0.05, 0) is 60.3 Å². The Hall–Kier alpha value is -2.53. The quantitative estimate of drug-likeness (QED) is 0.483. The van der Waals surface area contributed by atoms with Crippen LogP contribution < -0.4 is 9.47 Å². The summed E-state index contributed by atoms with van der Waals surface area (Å²) in [6, 6.07) is 24.2. The molecule has 0 spiro atoms. The highest BCUT2D eigenvalue weighted by atomic mass is 35.5. The van der Waals surface area contributed by atoms with E-state index in [4.69, 9.17) is 21.1 Å². The molecule has 162 valence electrons. The Morgan fingerprint density at radius 3 is 2.03 bits per heavy atom. The van der Waals surface area contributed by atoms with Crippen molar-refractivity contribution in [2.75, 3.05) is 13.2 Å². The van der Waals surface area contributed by atoms with Gasteiger partial charge in [-0.3, -0.25) is 4.90 Å². The molecule has 1 saturated heterocycles. The second-order valence-electron chi connectivity index (χ2n) is 7.94. The lowest BCUT2D eigenvalue weighted by atomic mass is 10.1. The number of rotatable bonds is 9. The number of nitrogens with zero attached hydrogens (tertiary/aromatic N) is 1. The topological polar surface area (TPSA) is 41.9 Å². The Bertz CT molecular complexity index is 959. The van der Waals surface area contributed by atoms with Crippen LogP contribution >= 0.6 is 11.6 Å².